The van der Waals surface area contributed by atoms with E-state index in [0.29, 0.717) is 10.8 Å². The van der Waals surface area contributed by atoms with Crippen molar-refractivity contribution in [3.63, 3.8) is 0 Å². The van der Waals surface area contributed by atoms with Gasteiger partial charge in [0.2, 0.25) is 0 Å². The van der Waals surface area contributed by atoms with Gasteiger partial charge in [-0.2, -0.15) is 5.10 Å². The highest BCUT2D eigenvalue weighted by Gasteiger charge is 2.07. The second kappa shape index (κ2) is 10.5. The number of hydrogen-bond donors (Lipinski definition) is 1. The molecule has 2 aromatic rings. The van der Waals surface area contributed by atoms with Crippen LogP contribution in [0.25, 0.3) is 0 Å². The Kier molecular flexibility index (Phi) is 7.99. The lowest BCUT2D eigenvalue weighted by Gasteiger charge is -2.09. The number of rotatable bonds is 9. The normalized spacial score (nSPS) is 11.2. The van der Waals surface area contributed by atoms with Gasteiger partial charge in [-0.05, 0) is 30.5 Å². The van der Waals surface area contributed by atoms with E-state index in [4.69, 9.17) is 16.3 Å². The maximum absolute atomic E-state index is 12.0. The molecule has 0 unspecified atom stereocenters. The molecule has 0 spiro atoms. The largest absolute Gasteiger partial charge is 0.482 e. The molecule has 0 aliphatic rings. The summed E-state index contributed by atoms with van der Waals surface area (Å²) in [5.74, 6) is 0.165. The summed E-state index contributed by atoms with van der Waals surface area (Å²) in [6.07, 6.45) is 4.13. The standard InChI is InChI=1S/C20H23ClN2O2/c1-2-3-5-13-18(16-10-6-4-7-11-16)22-23-20(24)15-25-19-14-9-8-12-17(19)21/h4,6-12,14H,2-3,5,13,15H2,1H3,(H,23,24). The van der Waals surface area contributed by atoms with Gasteiger partial charge in [-0.3, -0.25) is 4.79 Å². The molecule has 0 fully saturated rings. The fraction of sp³-hybridized carbons (Fsp3) is 0.300. The van der Waals surface area contributed by atoms with Crippen LogP contribution in [0.4, 0.5) is 0 Å². The van der Waals surface area contributed by atoms with Gasteiger partial charge in [0.15, 0.2) is 6.61 Å². The molecule has 1 N–H and O–H groups in total. The molecule has 132 valence electrons. The van der Waals surface area contributed by atoms with Crippen molar-refractivity contribution in [3.8, 4) is 5.75 Å². The molecule has 0 saturated heterocycles. The lowest BCUT2D eigenvalue weighted by molar-refractivity contribution is -0.123. The third-order valence-corrected chi connectivity index (χ3v) is 3.95. The van der Waals surface area contributed by atoms with Crippen LogP contribution < -0.4 is 10.2 Å². The van der Waals surface area contributed by atoms with Crippen LogP contribution in [-0.4, -0.2) is 18.2 Å². The molecular weight excluding hydrogens is 336 g/mol. The maximum atomic E-state index is 12.0. The predicted octanol–water partition coefficient (Wildman–Crippen LogP) is 4.82. The molecular formula is C20H23ClN2O2. The molecule has 0 aliphatic carbocycles. The lowest BCUT2D eigenvalue weighted by atomic mass is 10.0. The number of nitrogens with zero attached hydrogens (tertiary/aromatic N) is 1. The van der Waals surface area contributed by atoms with Crippen molar-refractivity contribution >= 4 is 23.2 Å². The summed E-state index contributed by atoms with van der Waals surface area (Å²) in [5, 5.41) is 4.78. The number of amides is 1. The Balaban J connectivity index is 1.94. The molecule has 0 heterocycles. The second-order valence-electron chi connectivity index (χ2n) is 5.64. The molecule has 25 heavy (non-hydrogen) atoms. The number of nitrogens with one attached hydrogen (secondary N) is 1. The number of ether oxygens (including phenoxy) is 1. The van der Waals surface area contributed by atoms with Crippen molar-refractivity contribution in [2.75, 3.05) is 6.61 Å². The van der Waals surface area contributed by atoms with Crippen LogP contribution in [0.5, 0.6) is 5.75 Å². The minimum Gasteiger partial charge on any atom is -0.482 e. The minimum atomic E-state index is -0.316. The van der Waals surface area contributed by atoms with Crippen molar-refractivity contribution in [2.45, 2.75) is 32.6 Å². The lowest BCUT2D eigenvalue weighted by Crippen LogP contribution is -2.26. The summed E-state index contributed by atoms with van der Waals surface area (Å²) in [6.45, 7) is 2.03. The average Bonchev–Trinajstić information content (AvgIpc) is 2.64. The summed E-state index contributed by atoms with van der Waals surface area (Å²) in [5.41, 5.74) is 4.47. The van der Waals surface area contributed by atoms with Crippen LogP contribution in [0.2, 0.25) is 5.02 Å². The van der Waals surface area contributed by atoms with E-state index in [2.05, 4.69) is 17.5 Å². The Morgan fingerprint density at radius 1 is 1.08 bits per heavy atom. The highest BCUT2D eigenvalue weighted by atomic mass is 35.5. The third-order valence-electron chi connectivity index (χ3n) is 3.64. The van der Waals surface area contributed by atoms with Gasteiger partial charge in [-0.25, -0.2) is 5.43 Å². The molecule has 4 nitrogen and oxygen atoms in total. The van der Waals surface area contributed by atoms with E-state index in [1.54, 1.807) is 18.2 Å². The molecule has 0 atom stereocenters. The number of carbonyl (C=O) groups is 1. The number of para-hydroxylation sites is 1. The van der Waals surface area contributed by atoms with Crippen molar-refractivity contribution < 1.29 is 9.53 Å². The summed E-state index contributed by atoms with van der Waals surface area (Å²) in [6, 6.07) is 16.9. The summed E-state index contributed by atoms with van der Waals surface area (Å²) < 4.78 is 5.42. The molecule has 0 bridgehead atoms. The van der Waals surface area contributed by atoms with Crippen LogP contribution in [-0.2, 0) is 4.79 Å². The number of unbranched alkanes of at least 4 members (excludes halogenated alkanes) is 2. The Morgan fingerprint density at radius 3 is 2.52 bits per heavy atom. The molecule has 2 rings (SSSR count). The number of benzene rings is 2. The van der Waals surface area contributed by atoms with Gasteiger partial charge >= 0.3 is 0 Å². The average molecular weight is 359 g/mol. The number of hydrazone groups is 1. The monoisotopic (exact) mass is 358 g/mol. The van der Waals surface area contributed by atoms with Gasteiger partial charge in [0.05, 0.1) is 10.7 Å². The van der Waals surface area contributed by atoms with E-state index >= 15 is 0 Å². The fourth-order valence-corrected chi connectivity index (χ4v) is 2.50. The third kappa shape index (κ3) is 6.59. The first-order chi connectivity index (χ1) is 12.2. The second-order valence-corrected chi connectivity index (χ2v) is 6.04. The first-order valence-electron chi connectivity index (χ1n) is 8.49. The predicted molar refractivity (Wildman–Crippen MR) is 102 cm³/mol. The van der Waals surface area contributed by atoms with Crippen molar-refractivity contribution in [1.82, 2.24) is 5.43 Å². The molecule has 0 radical (unpaired) electrons. The first kappa shape index (κ1) is 19.0. The topological polar surface area (TPSA) is 50.7 Å². The van der Waals surface area contributed by atoms with Gasteiger partial charge in [0.1, 0.15) is 5.75 Å². The van der Waals surface area contributed by atoms with Gasteiger partial charge in [-0.1, -0.05) is 73.8 Å². The SMILES string of the molecule is CCCCCC(=NNC(=O)COc1ccccc1Cl)c1ccccc1. The van der Waals surface area contributed by atoms with E-state index in [9.17, 15) is 4.79 Å². The zero-order valence-corrected chi connectivity index (χ0v) is 15.1. The Hall–Kier alpha value is -2.33. The van der Waals surface area contributed by atoms with E-state index in [0.717, 1.165) is 37.0 Å². The van der Waals surface area contributed by atoms with Crippen LogP contribution in [0.1, 0.15) is 38.2 Å². The van der Waals surface area contributed by atoms with Crippen LogP contribution in [0, 0.1) is 0 Å². The molecule has 0 aromatic heterocycles. The fourth-order valence-electron chi connectivity index (χ4n) is 2.30. The zero-order chi connectivity index (χ0) is 17.9. The zero-order valence-electron chi connectivity index (χ0n) is 14.4. The van der Waals surface area contributed by atoms with E-state index < -0.39 is 0 Å². The van der Waals surface area contributed by atoms with Crippen molar-refractivity contribution in [3.05, 3.63) is 65.2 Å². The minimum absolute atomic E-state index is 0.135. The maximum Gasteiger partial charge on any atom is 0.277 e. The van der Waals surface area contributed by atoms with Crippen LogP contribution >= 0.6 is 11.6 Å². The van der Waals surface area contributed by atoms with Crippen LogP contribution in [0.15, 0.2) is 59.7 Å². The van der Waals surface area contributed by atoms with E-state index in [1.807, 2.05) is 36.4 Å². The van der Waals surface area contributed by atoms with Gasteiger partial charge in [0, 0.05) is 0 Å². The number of halogens is 1. The Labute approximate surface area is 153 Å². The molecule has 0 saturated carbocycles. The Bertz CT molecular complexity index is 702. The number of hydrogen-bond acceptors (Lipinski definition) is 3. The van der Waals surface area contributed by atoms with Crippen molar-refractivity contribution in [2.24, 2.45) is 5.10 Å². The summed E-state index contributed by atoms with van der Waals surface area (Å²) >= 11 is 6.00. The van der Waals surface area contributed by atoms with Crippen LogP contribution in [0.3, 0.4) is 0 Å². The van der Waals surface area contributed by atoms with Gasteiger partial charge in [0.25, 0.3) is 5.91 Å². The molecule has 1 amide bonds. The van der Waals surface area contributed by atoms with Crippen molar-refractivity contribution in [1.29, 1.82) is 0 Å². The smallest absolute Gasteiger partial charge is 0.277 e. The summed E-state index contributed by atoms with van der Waals surface area (Å²) in [7, 11) is 0. The Morgan fingerprint density at radius 2 is 1.80 bits per heavy atom. The molecule has 5 heteroatoms. The van der Waals surface area contributed by atoms with E-state index in [1.165, 1.54) is 0 Å². The van der Waals surface area contributed by atoms with Gasteiger partial charge < -0.3 is 4.74 Å². The highest BCUT2D eigenvalue weighted by Crippen LogP contribution is 2.22. The summed E-state index contributed by atoms with van der Waals surface area (Å²) in [4.78, 5) is 12.0. The van der Waals surface area contributed by atoms with E-state index in [-0.39, 0.29) is 12.5 Å². The highest BCUT2D eigenvalue weighted by molar-refractivity contribution is 6.32. The quantitative estimate of drug-likeness (QED) is 0.397. The first-order valence-corrected chi connectivity index (χ1v) is 8.86. The van der Waals surface area contributed by atoms with Gasteiger partial charge in [-0.15, -0.1) is 0 Å². The molecule has 0 aliphatic heterocycles. The molecule has 2 aromatic carbocycles. The number of carbonyl (C=O) groups excluding carboxylic acids is 1.